The molecule has 0 heterocycles. The van der Waals surface area contributed by atoms with Crippen molar-refractivity contribution < 1.29 is 9.59 Å². The maximum atomic E-state index is 12.2. The van der Waals surface area contributed by atoms with Crippen LogP contribution in [-0.2, 0) is 16.0 Å². The summed E-state index contributed by atoms with van der Waals surface area (Å²) in [6.45, 7) is 5.68. The van der Waals surface area contributed by atoms with Crippen LogP contribution < -0.4 is 5.32 Å². The number of benzene rings is 2. The summed E-state index contributed by atoms with van der Waals surface area (Å²) >= 11 is 0. The van der Waals surface area contributed by atoms with Crippen LogP contribution in [-0.4, -0.2) is 17.7 Å². The summed E-state index contributed by atoms with van der Waals surface area (Å²) in [6.07, 6.45) is 2.24. The first-order chi connectivity index (χ1) is 9.90. The summed E-state index contributed by atoms with van der Waals surface area (Å²) in [7, 11) is 0. The Labute approximate surface area is 125 Å². The Hall–Kier alpha value is -2.16. The van der Waals surface area contributed by atoms with Gasteiger partial charge in [-0.15, -0.1) is 0 Å². The van der Waals surface area contributed by atoms with Gasteiger partial charge >= 0.3 is 0 Å². The van der Waals surface area contributed by atoms with E-state index in [2.05, 4.69) is 5.32 Å². The Morgan fingerprint density at radius 3 is 2.48 bits per heavy atom. The van der Waals surface area contributed by atoms with E-state index in [1.807, 2.05) is 69.5 Å². The monoisotopic (exact) mass is 282 g/mol. The molecule has 21 heavy (non-hydrogen) atoms. The summed E-state index contributed by atoms with van der Waals surface area (Å²) < 4.78 is 0. The van der Waals surface area contributed by atoms with Crippen LogP contribution in [0.3, 0.4) is 0 Å². The van der Waals surface area contributed by atoms with Crippen molar-refractivity contribution in [2.24, 2.45) is 5.92 Å². The minimum absolute atomic E-state index is 0.273. The van der Waals surface area contributed by atoms with E-state index in [4.69, 9.17) is 0 Å². The highest BCUT2D eigenvalue weighted by molar-refractivity contribution is 5.94. The van der Waals surface area contributed by atoms with Crippen LogP contribution in [0.5, 0.6) is 0 Å². The molecule has 3 nitrogen and oxygen atoms in total. The SMILES string of the molecule is CC(C)(C)NC(=O)C([C]=O)Cc1cccc2ccccc12. The van der Waals surface area contributed by atoms with Gasteiger partial charge in [0.2, 0.25) is 12.2 Å². The fourth-order valence-corrected chi connectivity index (χ4v) is 2.33. The van der Waals surface area contributed by atoms with Gasteiger partial charge in [0.05, 0.1) is 0 Å². The Bertz CT molecular complexity index is 650. The molecule has 0 spiro atoms. The van der Waals surface area contributed by atoms with E-state index in [1.54, 1.807) is 0 Å². The predicted molar refractivity (Wildman–Crippen MR) is 84.7 cm³/mol. The molecule has 0 aliphatic carbocycles. The number of nitrogens with one attached hydrogen (secondary N) is 1. The van der Waals surface area contributed by atoms with Crippen molar-refractivity contribution in [1.82, 2.24) is 5.32 Å². The molecule has 0 aliphatic rings. The lowest BCUT2D eigenvalue weighted by molar-refractivity contribution is -0.124. The molecule has 0 aliphatic heterocycles. The van der Waals surface area contributed by atoms with Gasteiger partial charge < -0.3 is 5.32 Å². The number of fused-ring (bicyclic) bond motifs is 1. The van der Waals surface area contributed by atoms with Crippen molar-refractivity contribution in [3.63, 3.8) is 0 Å². The fraction of sp³-hybridized carbons (Fsp3) is 0.333. The molecule has 1 amide bonds. The van der Waals surface area contributed by atoms with E-state index in [1.165, 1.54) is 0 Å². The highest BCUT2D eigenvalue weighted by atomic mass is 16.2. The molecule has 0 bridgehead atoms. The predicted octanol–water partition coefficient (Wildman–Crippen LogP) is 3.02. The third kappa shape index (κ3) is 3.91. The van der Waals surface area contributed by atoms with Crippen LogP contribution in [0.2, 0.25) is 0 Å². The maximum Gasteiger partial charge on any atom is 0.231 e. The average Bonchev–Trinajstić information content (AvgIpc) is 2.42. The van der Waals surface area contributed by atoms with E-state index in [9.17, 15) is 9.59 Å². The van der Waals surface area contributed by atoms with E-state index in [0.717, 1.165) is 16.3 Å². The molecule has 109 valence electrons. The zero-order valence-electron chi connectivity index (χ0n) is 12.6. The molecule has 2 rings (SSSR count). The summed E-state index contributed by atoms with van der Waals surface area (Å²) in [5, 5.41) is 5.02. The molecule has 3 heteroatoms. The Morgan fingerprint density at radius 1 is 1.14 bits per heavy atom. The van der Waals surface area contributed by atoms with Crippen LogP contribution in [0, 0.1) is 5.92 Å². The largest absolute Gasteiger partial charge is 0.351 e. The van der Waals surface area contributed by atoms with Crippen molar-refractivity contribution in [1.29, 1.82) is 0 Å². The minimum Gasteiger partial charge on any atom is -0.351 e. The van der Waals surface area contributed by atoms with Crippen LogP contribution >= 0.6 is 0 Å². The summed E-state index contributed by atoms with van der Waals surface area (Å²) in [4.78, 5) is 23.3. The van der Waals surface area contributed by atoms with Crippen molar-refractivity contribution >= 4 is 23.0 Å². The van der Waals surface area contributed by atoms with Crippen LogP contribution in [0.15, 0.2) is 42.5 Å². The van der Waals surface area contributed by atoms with Gasteiger partial charge in [-0.3, -0.25) is 9.59 Å². The van der Waals surface area contributed by atoms with Gasteiger partial charge in [0, 0.05) is 5.54 Å². The quantitative estimate of drug-likeness (QED) is 0.876. The Morgan fingerprint density at radius 2 is 1.81 bits per heavy atom. The third-order valence-electron chi connectivity index (χ3n) is 3.26. The molecule has 1 unspecified atom stereocenters. The highest BCUT2D eigenvalue weighted by Crippen LogP contribution is 2.21. The first kappa shape index (κ1) is 15.2. The van der Waals surface area contributed by atoms with Crippen molar-refractivity contribution in [2.45, 2.75) is 32.7 Å². The van der Waals surface area contributed by atoms with Crippen molar-refractivity contribution in [3.8, 4) is 0 Å². The number of rotatable bonds is 4. The molecule has 1 N–H and O–H groups in total. The van der Waals surface area contributed by atoms with E-state index < -0.39 is 5.92 Å². The Balaban J connectivity index is 2.25. The number of hydrogen-bond acceptors (Lipinski definition) is 2. The molecule has 0 fully saturated rings. The first-order valence-corrected chi connectivity index (χ1v) is 7.07. The van der Waals surface area contributed by atoms with Gasteiger partial charge in [-0.05, 0) is 43.5 Å². The molecule has 1 atom stereocenters. The minimum atomic E-state index is -0.782. The van der Waals surface area contributed by atoms with Crippen LogP contribution in [0.1, 0.15) is 26.3 Å². The van der Waals surface area contributed by atoms with Crippen LogP contribution in [0.4, 0.5) is 0 Å². The fourth-order valence-electron chi connectivity index (χ4n) is 2.33. The standard InChI is InChI=1S/C18H20NO2/c1-18(2,3)19-17(21)15(12-20)11-14-9-6-8-13-7-4-5-10-16(13)14/h4-10,15H,11H2,1-3H3,(H,19,21). The van der Waals surface area contributed by atoms with Gasteiger partial charge in [0.15, 0.2) is 0 Å². The molecule has 0 saturated carbocycles. The number of hydrogen-bond donors (Lipinski definition) is 1. The number of carbonyl (C=O) groups excluding carboxylic acids is 2. The maximum absolute atomic E-state index is 12.2. The topological polar surface area (TPSA) is 46.2 Å². The third-order valence-corrected chi connectivity index (χ3v) is 3.26. The molecule has 1 radical (unpaired) electrons. The highest BCUT2D eigenvalue weighted by Gasteiger charge is 2.24. The molecule has 0 aromatic heterocycles. The summed E-state index contributed by atoms with van der Waals surface area (Å²) in [5.41, 5.74) is 0.635. The van der Waals surface area contributed by atoms with Crippen molar-refractivity contribution in [2.75, 3.05) is 0 Å². The lowest BCUT2D eigenvalue weighted by Crippen LogP contribution is -2.44. The van der Waals surface area contributed by atoms with Crippen LogP contribution in [0.25, 0.3) is 10.8 Å². The van der Waals surface area contributed by atoms with E-state index in [-0.39, 0.29) is 11.4 Å². The van der Waals surface area contributed by atoms with E-state index >= 15 is 0 Å². The second-order valence-corrected chi connectivity index (χ2v) is 6.25. The van der Waals surface area contributed by atoms with Gasteiger partial charge in [-0.25, -0.2) is 0 Å². The van der Waals surface area contributed by atoms with E-state index in [0.29, 0.717) is 6.42 Å². The molecular formula is C18H20NO2. The molecule has 0 saturated heterocycles. The second-order valence-electron chi connectivity index (χ2n) is 6.25. The zero-order valence-corrected chi connectivity index (χ0v) is 12.6. The number of carbonyl (C=O) groups is 1. The molecule has 2 aromatic carbocycles. The Kier molecular flexibility index (Phi) is 4.41. The summed E-state index contributed by atoms with van der Waals surface area (Å²) in [6, 6.07) is 13.9. The van der Waals surface area contributed by atoms with Gasteiger partial charge in [0.25, 0.3) is 0 Å². The number of amides is 1. The molecular weight excluding hydrogens is 262 g/mol. The normalized spacial score (nSPS) is 12.9. The lowest BCUT2D eigenvalue weighted by Gasteiger charge is -2.22. The van der Waals surface area contributed by atoms with Gasteiger partial charge in [-0.1, -0.05) is 42.5 Å². The molecule has 2 aromatic rings. The smallest absolute Gasteiger partial charge is 0.231 e. The average molecular weight is 282 g/mol. The summed E-state index contributed by atoms with van der Waals surface area (Å²) in [5.74, 6) is -1.06. The van der Waals surface area contributed by atoms with Crippen molar-refractivity contribution in [3.05, 3.63) is 48.0 Å². The van der Waals surface area contributed by atoms with Gasteiger partial charge in [-0.2, -0.15) is 0 Å². The first-order valence-electron chi connectivity index (χ1n) is 7.07. The second kappa shape index (κ2) is 6.08. The lowest BCUT2D eigenvalue weighted by atomic mass is 9.94. The zero-order chi connectivity index (χ0) is 15.5. The van der Waals surface area contributed by atoms with Gasteiger partial charge in [0.1, 0.15) is 5.92 Å².